The molecule has 1 atom stereocenters. The van der Waals surface area contributed by atoms with Crippen molar-refractivity contribution in [2.75, 3.05) is 11.1 Å². The number of alkyl halides is 3. The summed E-state index contributed by atoms with van der Waals surface area (Å²) >= 11 is 3.25. The fourth-order valence-corrected chi connectivity index (χ4v) is 1.77. The molecule has 0 amide bonds. The summed E-state index contributed by atoms with van der Waals surface area (Å²) < 4.78 is 37.1. The molecule has 3 nitrogen and oxygen atoms in total. The molecule has 0 fully saturated rings. The average molecular weight is 312 g/mol. The lowest BCUT2D eigenvalue weighted by Gasteiger charge is -2.18. The van der Waals surface area contributed by atoms with Gasteiger partial charge in [-0.3, -0.25) is 0 Å². The summed E-state index contributed by atoms with van der Waals surface area (Å²) in [5.74, 6) is 0.369. The number of nitrogens with one attached hydrogen (secondary N) is 1. The molecule has 1 aromatic rings. The first kappa shape index (κ1) is 14.1. The third kappa shape index (κ3) is 4.07. The minimum Gasteiger partial charge on any atom is -0.397 e. The van der Waals surface area contributed by atoms with Gasteiger partial charge in [-0.15, -0.1) is 0 Å². The van der Waals surface area contributed by atoms with Gasteiger partial charge in [0.25, 0.3) is 0 Å². The summed E-state index contributed by atoms with van der Waals surface area (Å²) in [4.78, 5) is 3.96. The smallest absolute Gasteiger partial charge is 0.391 e. The maximum Gasteiger partial charge on any atom is 0.391 e. The number of anilines is 2. The minimum absolute atomic E-state index is 0.369. The number of pyridine rings is 1. The standard InChI is InChI=1S/C10H13BrF3N3/c1-5(3-10(12,13)14)17-9-8(11)6(2)7(15)4-16-9/h4-5H,3,15H2,1-2H3,(H,16,17). The Balaban J connectivity index is 2.79. The van der Waals surface area contributed by atoms with Crippen molar-refractivity contribution in [2.24, 2.45) is 0 Å². The van der Waals surface area contributed by atoms with Crippen LogP contribution in [0.5, 0.6) is 0 Å². The van der Waals surface area contributed by atoms with Crippen molar-refractivity contribution in [2.45, 2.75) is 32.5 Å². The van der Waals surface area contributed by atoms with Gasteiger partial charge in [-0.2, -0.15) is 13.2 Å². The van der Waals surface area contributed by atoms with Crippen molar-refractivity contribution in [1.82, 2.24) is 4.98 Å². The highest BCUT2D eigenvalue weighted by Crippen LogP contribution is 2.29. The summed E-state index contributed by atoms with van der Waals surface area (Å²) in [7, 11) is 0. The first-order chi connectivity index (χ1) is 7.70. The lowest BCUT2D eigenvalue weighted by atomic mass is 10.2. The first-order valence-electron chi connectivity index (χ1n) is 4.94. The van der Waals surface area contributed by atoms with Gasteiger partial charge >= 0.3 is 6.18 Å². The monoisotopic (exact) mass is 311 g/mol. The van der Waals surface area contributed by atoms with Crippen LogP contribution in [0.3, 0.4) is 0 Å². The Bertz CT molecular complexity index is 407. The summed E-state index contributed by atoms with van der Waals surface area (Å²) in [5.41, 5.74) is 6.86. The molecule has 0 radical (unpaired) electrons. The van der Waals surface area contributed by atoms with Crippen molar-refractivity contribution in [3.63, 3.8) is 0 Å². The number of hydrogen-bond acceptors (Lipinski definition) is 3. The summed E-state index contributed by atoms with van der Waals surface area (Å²) in [6, 6.07) is -0.748. The fraction of sp³-hybridized carbons (Fsp3) is 0.500. The molecule has 0 saturated carbocycles. The van der Waals surface area contributed by atoms with E-state index in [4.69, 9.17) is 5.73 Å². The van der Waals surface area contributed by atoms with Gasteiger partial charge in [0.15, 0.2) is 0 Å². The van der Waals surface area contributed by atoms with Crippen LogP contribution in [0.4, 0.5) is 24.7 Å². The van der Waals surface area contributed by atoms with Crippen LogP contribution in [0.2, 0.25) is 0 Å². The lowest BCUT2D eigenvalue weighted by molar-refractivity contribution is -0.136. The molecule has 0 bridgehead atoms. The van der Waals surface area contributed by atoms with Crippen molar-refractivity contribution >= 4 is 27.4 Å². The quantitative estimate of drug-likeness (QED) is 0.898. The number of hydrogen-bond donors (Lipinski definition) is 2. The topological polar surface area (TPSA) is 50.9 Å². The minimum atomic E-state index is -4.19. The van der Waals surface area contributed by atoms with Crippen LogP contribution in [0.25, 0.3) is 0 Å². The van der Waals surface area contributed by atoms with Crippen molar-refractivity contribution in [3.8, 4) is 0 Å². The number of nitrogens with two attached hydrogens (primary N) is 1. The van der Waals surface area contributed by atoms with Gasteiger partial charge in [-0.25, -0.2) is 4.98 Å². The van der Waals surface area contributed by atoms with Crippen LogP contribution < -0.4 is 11.1 Å². The maximum absolute atomic E-state index is 12.2. The molecule has 3 N–H and O–H groups in total. The van der Waals surface area contributed by atoms with E-state index in [-0.39, 0.29) is 0 Å². The molecule has 0 saturated heterocycles. The van der Waals surface area contributed by atoms with Crippen LogP contribution in [0.1, 0.15) is 18.9 Å². The Kier molecular flexibility index (Phi) is 4.24. The van der Waals surface area contributed by atoms with E-state index in [1.165, 1.54) is 13.1 Å². The van der Waals surface area contributed by atoms with Crippen LogP contribution in [-0.2, 0) is 0 Å². The molecule has 1 aromatic heterocycles. The molecule has 0 aromatic carbocycles. The zero-order chi connectivity index (χ0) is 13.2. The predicted octanol–water partition coefficient (Wildman–Crippen LogP) is 3.49. The summed E-state index contributed by atoms with van der Waals surface area (Å²) in [6.07, 6.45) is -3.69. The summed E-state index contributed by atoms with van der Waals surface area (Å²) in [6.45, 7) is 3.22. The Morgan fingerprint density at radius 2 is 2.12 bits per heavy atom. The van der Waals surface area contributed by atoms with Crippen molar-refractivity contribution in [1.29, 1.82) is 0 Å². The predicted molar refractivity (Wildman–Crippen MR) is 64.8 cm³/mol. The van der Waals surface area contributed by atoms with Crippen molar-refractivity contribution < 1.29 is 13.2 Å². The molecule has 17 heavy (non-hydrogen) atoms. The molecular weight excluding hydrogens is 299 g/mol. The third-order valence-corrected chi connectivity index (χ3v) is 3.19. The van der Waals surface area contributed by atoms with E-state index in [1.807, 2.05) is 0 Å². The largest absolute Gasteiger partial charge is 0.397 e. The van der Waals surface area contributed by atoms with Gasteiger partial charge in [0.1, 0.15) is 5.82 Å². The zero-order valence-electron chi connectivity index (χ0n) is 9.40. The highest BCUT2D eigenvalue weighted by atomic mass is 79.9. The molecular formula is C10H13BrF3N3. The molecule has 7 heteroatoms. The van der Waals surface area contributed by atoms with Gasteiger partial charge in [-0.05, 0) is 35.3 Å². The van der Waals surface area contributed by atoms with E-state index in [2.05, 4.69) is 26.2 Å². The van der Waals surface area contributed by atoms with Crippen LogP contribution >= 0.6 is 15.9 Å². The van der Waals surface area contributed by atoms with E-state index in [0.29, 0.717) is 16.0 Å². The van der Waals surface area contributed by atoms with Gasteiger partial charge < -0.3 is 11.1 Å². The number of rotatable bonds is 3. The zero-order valence-corrected chi connectivity index (χ0v) is 11.0. The van der Waals surface area contributed by atoms with Gasteiger partial charge in [-0.1, -0.05) is 0 Å². The van der Waals surface area contributed by atoms with Crippen LogP contribution in [-0.4, -0.2) is 17.2 Å². The van der Waals surface area contributed by atoms with E-state index >= 15 is 0 Å². The Hall–Kier alpha value is -0.980. The third-order valence-electron chi connectivity index (χ3n) is 2.22. The summed E-state index contributed by atoms with van der Waals surface area (Å²) in [5, 5.41) is 2.70. The molecule has 0 aliphatic heterocycles. The van der Waals surface area contributed by atoms with E-state index < -0.39 is 18.6 Å². The normalized spacial score (nSPS) is 13.5. The number of nitrogens with zero attached hydrogens (tertiary/aromatic N) is 1. The maximum atomic E-state index is 12.2. The molecule has 1 unspecified atom stereocenters. The number of nitrogen functional groups attached to an aromatic ring is 1. The van der Waals surface area contributed by atoms with Crippen molar-refractivity contribution in [3.05, 3.63) is 16.2 Å². The highest BCUT2D eigenvalue weighted by molar-refractivity contribution is 9.10. The number of aromatic nitrogens is 1. The average Bonchev–Trinajstić information content (AvgIpc) is 2.16. The van der Waals surface area contributed by atoms with E-state index in [0.717, 1.165) is 5.56 Å². The fourth-order valence-electron chi connectivity index (χ4n) is 1.32. The van der Waals surface area contributed by atoms with Gasteiger partial charge in [0.05, 0.1) is 22.8 Å². The van der Waals surface area contributed by atoms with E-state index in [9.17, 15) is 13.2 Å². The second-order valence-electron chi connectivity index (χ2n) is 3.87. The molecule has 0 aliphatic carbocycles. The molecule has 1 rings (SSSR count). The van der Waals surface area contributed by atoms with Crippen LogP contribution in [0, 0.1) is 6.92 Å². The SMILES string of the molecule is Cc1c(N)cnc(NC(C)CC(F)(F)F)c1Br. The van der Waals surface area contributed by atoms with Gasteiger partial charge in [0, 0.05) is 6.04 Å². The molecule has 0 spiro atoms. The molecule has 96 valence electrons. The molecule has 1 heterocycles. The Morgan fingerprint density at radius 3 is 2.65 bits per heavy atom. The van der Waals surface area contributed by atoms with E-state index in [1.54, 1.807) is 6.92 Å². The lowest BCUT2D eigenvalue weighted by Crippen LogP contribution is -2.24. The van der Waals surface area contributed by atoms with Crippen LogP contribution in [0.15, 0.2) is 10.7 Å². The van der Waals surface area contributed by atoms with Gasteiger partial charge in [0.2, 0.25) is 0 Å². The highest BCUT2D eigenvalue weighted by Gasteiger charge is 2.30. The first-order valence-corrected chi connectivity index (χ1v) is 5.74. The second-order valence-corrected chi connectivity index (χ2v) is 4.66. The second kappa shape index (κ2) is 5.12. The Labute approximate surface area is 106 Å². The molecule has 0 aliphatic rings. The Morgan fingerprint density at radius 1 is 1.53 bits per heavy atom. The number of halogens is 4.